The average Bonchev–Trinajstić information content (AvgIpc) is 2.86. The van der Waals surface area contributed by atoms with E-state index in [0.29, 0.717) is 0 Å². The minimum absolute atomic E-state index is 0.0941. The van der Waals surface area contributed by atoms with Crippen LogP contribution in [0, 0.1) is 22.9 Å². The fraction of sp³-hybridized carbons (Fsp3) is 0.118. The summed E-state index contributed by atoms with van der Waals surface area (Å²) in [6, 6.07) is 7.88. The van der Waals surface area contributed by atoms with Crippen LogP contribution in [0.4, 0.5) is 10.1 Å². The van der Waals surface area contributed by atoms with Crippen LogP contribution in [-0.4, -0.2) is 28.4 Å². The first-order valence-electron chi connectivity index (χ1n) is 7.64. The Morgan fingerprint density at radius 1 is 1.26 bits per heavy atom. The number of non-ortho nitro benzene ring substituents is 1. The van der Waals surface area contributed by atoms with Crippen molar-refractivity contribution in [1.82, 2.24) is 3.97 Å². The first kappa shape index (κ1) is 18.5. The highest BCUT2D eigenvalue weighted by Crippen LogP contribution is 2.31. The molecule has 0 amide bonds. The van der Waals surface area contributed by atoms with Gasteiger partial charge >= 0.3 is 5.97 Å². The first-order valence-corrected chi connectivity index (χ1v) is 9.08. The SMILES string of the molecule is Cc1c(CC(=O)O)c2cc(F)ccc2n1S(=O)(=O)c1cccc([N+](=O)[O-])c1. The summed E-state index contributed by atoms with van der Waals surface area (Å²) in [6.07, 6.45) is -0.497. The second-order valence-electron chi connectivity index (χ2n) is 5.82. The molecular weight excluding hydrogens is 379 g/mol. The number of carboxylic acid groups (broad SMARTS) is 1. The highest BCUT2D eigenvalue weighted by molar-refractivity contribution is 7.90. The monoisotopic (exact) mass is 392 g/mol. The molecule has 10 heteroatoms. The summed E-state index contributed by atoms with van der Waals surface area (Å²) in [4.78, 5) is 21.1. The highest BCUT2D eigenvalue weighted by Gasteiger charge is 2.27. The van der Waals surface area contributed by atoms with E-state index in [2.05, 4.69) is 0 Å². The predicted octanol–water partition coefficient (Wildman–Crippen LogP) is 2.86. The first-order chi connectivity index (χ1) is 12.6. The molecule has 27 heavy (non-hydrogen) atoms. The number of nitro benzene ring substituents is 1. The van der Waals surface area contributed by atoms with Gasteiger partial charge in [0.1, 0.15) is 5.82 Å². The number of benzene rings is 2. The minimum Gasteiger partial charge on any atom is -0.481 e. The van der Waals surface area contributed by atoms with Crippen LogP contribution in [0.1, 0.15) is 11.3 Å². The zero-order valence-electron chi connectivity index (χ0n) is 13.9. The Morgan fingerprint density at radius 3 is 2.59 bits per heavy atom. The summed E-state index contributed by atoms with van der Waals surface area (Å²) in [7, 11) is -4.28. The van der Waals surface area contributed by atoms with Crippen molar-refractivity contribution in [3.05, 3.63) is 69.7 Å². The summed E-state index contributed by atoms with van der Waals surface area (Å²) in [5.41, 5.74) is -0.0471. The van der Waals surface area contributed by atoms with Crippen LogP contribution in [0.25, 0.3) is 10.9 Å². The molecule has 0 saturated carbocycles. The van der Waals surface area contributed by atoms with Gasteiger partial charge in [0.25, 0.3) is 15.7 Å². The standard InChI is InChI=1S/C17H13FN2O6S/c1-10-14(9-17(21)22)15-7-11(18)5-6-16(15)19(10)27(25,26)13-4-2-3-12(8-13)20(23)24/h2-8H,9H2,1H3,(H,21,22). The van der Waals surface area contributed by atoms with Crippen LogP contribution in [0.15, 0.2) is 47.4 Å². The van der Waals surface area contributed by atoms with Crippen LogP contribution in [0.2, 0.25) is 0 Å². The maximum atomic E-state index is 13.7. The van der Waals surface area contributed by atoms with Crippen LogP contribution < -0.4 is 0 Å². The number of rotatable bonds is 5. The van der Waals surface area contributed by atoms with Gasteiger partial charge < -0.3 is 5.11 Å². The molecule has 0 unspecified atom stereocenters. The lowest BCUT2D eigenvalue weighted by Crippen LogP contribution is -2.15. The molecule has 0 aliphatic carbocycles. The van der Waals surface area contributed by atoms with Gasteiger partial charge in [0.15, 0.2) is 0 Å². The van der Waals surface area contributed by atoms with E-state index in [1.807, 2.05) is 0 Å². The average molecular weight is 392 g/mol. The van der Waals surface area contributed by atoms with Crippen molar-refractivity contribution in [2.45, 2.75) is 18.2 Å². The normalized spacial score (nSPS) is 11.6. The Kier molecular flexibility index (Phi) is 4.44. The molecule has 140 valence electrons. The minimum atomic E-state index is -4.28. The molecule has 1 aromatic heterocycles. The number of hydrogen-bond acceptors (Lipinski definition) is 5. The number of carbonyl (C=O) groups is 1. The number of halogens is 1. The van der Waals surface area contributed by atoms with Crippen molar-refractivity contribution >= 4 is 32.6 Å². The van der Waals surface area contributed by atoms with Crippen LogP contribution in [0.5, 0.6) is 0 Å². The molecule has 0 fully saturated rings. The molecule has 0 aliphatic rings. The van der Waals surface area contributed by atoms with Crippen molar-refractivity contribution in [3.63, 3.8) is 0 Å². The third-order valence-corrected chi connectivity index (χ3v) is 5.94. The fourth-order valence-corrected chi connectivity index (χ4v) is 4.59. The zero-order valence-corrected chi connectivity index (χ0v) is 14.7. The lowest BCUT2D eigenvalue weighted by molar-refractivity contribution is -0.385. The Labute approximate surface area is 152 Å². The van der Waals surface area contributed by atoms with E-state index in [1.165, 1.54) is 25.1 Å². The molecule has 0 atom stereocenters. The predicted molar refractivity (Wildman–Crippen MR) is 93.7 cm³/mol. The number of aliphatic carboxylic acids is 1. The molecule has 0 bridgehead atoms. The fourth-order valence-electron chi connectivity index (χ4n) is 2.97. The van der Waals surface area contributed by atoms with Gasteiger partial charge in [0, 0.05) is 23.2 Å². The number of carboxylic acids is 1. The van der Waals surface area contributed by atoms with Gasteiger partial charge in [-0.25, -0.2) is 16.8 Å². The van der Waals surface area contributed by atoms with Gasteiger partial charge in [-0.2, -0.15) is 0 Å². The van der Waals surface area contributed by atoms with E-state index >= 15 is 0 Å². The van der Waals surface area contributed by atoms with Gasteiger partial charge in [-0.05, 0) is 36.8 Å². The number of hydrogen-bond donors (Lipinski definition) is 1. The Bertz CT molecular complexity index is 1200. The van der Waals surface area contributed by atoms with Crippen molar-refractivity contribution in [3.8, 4) is 0 Å². The molecule has 2 aromatic carbocycles. The molecule has 0 saturated heterocycles. The number of nitro groups is 1. The highest BCUT2D eigenvalue weighted by atomic mass is 32.2. The van der Waals surface area contributed by atoms with Crippen molar-refractivity contribution < 1.29 is 27.6 Å². The van der Waals surface area contributed by atoms with E-state index in [-0.39, 0.29) is 27.1 Å². The lowest BCUT2D eigenvalue weighted by atomic mass is 10.1. The largest absolute Gasteiger partial charge is 0.481 e. The van der Waals surface area contributed by atoms with Gasteiger partial charge in [-0.1, -0.05) is 6.07 Å². The van der Waals surface area contributed by atoms with Crippen molar-refractivity contribution in [1.29, 1.82) is 0 Å². The number of aromatic nitrogens is 1. The van der Waals surface area contributed by atoms with E-state index in [9.17, 15) is 27.7 Å². The smallest absolute Gasteiger partial charge is 0.307 e. The topological polar surface area (TPSA) is 120 Å². The molecule has 0 aliphatic heterocycles. The Hall–Kier alpha value is -3.27. The van der Waals surface area contributed by atoms with Gasteiger partial charge in [-0.15, -0.1) is 0 Å². The molecule has 8 nitrogen and oxygen atoms in total. The van der Waals surface area contributed by atoms with Crippen molar-refractivity contribution in [2.24, 2.45) is 0 Å². The van der Waals surface area contributed by atoms with E-state index in [0.717, 1.165) is 28.2 Å². The molecule has 1 N–H and O–H groups in total. The Balaban J connectivity index is 2.33. The summed E-state index contributed by atoms with van der Waals surface area (Å²) >= 11 is 0. The van der Waals surface area contributed by atoms with E-state index in [4.69, 9.17) is 5.11 Å². The molecular formula is C17H13FN2O6S. The van der Waals surface area contributed by atoms with Crippen LogP contribution in [0.3, 0.4) is 0 Å². The van der Waals surface area contributed by atoms with Crippen LogP contribution in [-0.2, 0) is 21.2 Å². The summed E-state index contributed by atoms with van der Waals surface area (Å²) in [5.74, 6) is -1.84. The summed E-state index contributed by atoms with van der Waals surface area (Å²) in [6.45, 7) is 1.41. The van der Waals surface area contributed by atoms with E-state index in [1.54, 1.807) is 0 Å². The molecule has 1 heterocycles. The molecule has 0 radical (unpaired) electrons. The molecule has 0 spiro atoms. The van der Waals surface area contributed by atoms with Gasteiger partial charge in [0.2, 0.25) is 0 Å². The summed E-state index contributed by atoms with van der Waals surface area (Å²) < 4.78 is 40.8. The zero-order chi connectivity index (χ0) is 19.9. The number of nitrogens with zero attached hydrogens (tertiary/aromatic N) is 2. The quantitative estimate of drug-likeness (QED) is 0.527. The van der Waals surface area contributed by atoms with Gasteiger partial charge in [-0.3, -0.25) is 14.9 Å². The maximum absolute atomic E-state index is 13.7. The molecule has 3 aromatic rings. The third-order valence-electron chi connectivity index (χ3n) is 4.14. The second kappa shape index (κ2) is 6.47. The van der Waals surface area contributed by atoms with Crippen molar-refractivity contribution in [2.75, 3.05) is 0 Å². The second-order valence-corrected chi connectivity index (χ2v) is 7.61. The lowest BCUT2D eigenvalue weighted by Gasteiger charge is -2.10. The van der Waals surface area contributed by atoms with Crippen LogP contribution >= 0.6 is 0 Å². The number of fused-ring (bicyclic) bond motifs is 1. The molecule has 3 rings (SSSR count). The summed E-state index contributed by atoms with van der Waals surface area (Å²) in [5, 5.41) is 20.2. The third kappa shape index (κ3) is 3.14. The maximum Gasteiger partial charge on any atom is 0.307 e. The van der Waals surface area contributed by atoms with Gasteiger partial charge in [0.05, 0.1) is 21.8 Å². The van der Waals surface area contributed by atoms with E-state index < -0.39 is 38.8 Å². The Morgan fingerprint density at radius 2 is 1.96 bits per heavy atom.